The van der Waals surface area contributed by atoms with Crippen LogP contribution in [0.5, 0.6) is 0 Å². The number of hydrogen-bond acceptors (Lipinski definition) is 0. The second kappa shape index (κ2) is 48.5. The molecule has 0 amide bonds. The highest BCUT2D eigenvalue weighted by molar-refractivity contribution is 7.81. The zero-order valence-electron chi connectivity index (χ0n) is 54.2. The average molecular weight is 1360 g/mol. The maximum atomic E-state index is 5.04. The number of halogens is 5. The monoisotopic (exact) mass is 1360 g/mol. The molecule has 0 N–H and O–H groups in total. The molecule has 0 spiro atoms. The molecule has 0 nitrogen and oxygen atoms in total. The first-order valence-corrected chi connectivity index (χ1v) is 32.8. The summed E-state index contributed by atoms with van der Waals surface area (Å²) in [5.74, 6) is 31.5. The Labute approximate surface area is 591 Å². The molecule has 0 bridgehead atoms. The van der Waals surface area contributed by atoms with E-state index >= 15 is 0 Å². The molecule has 0 aliphatic carbocycles. The van der Waals surface area contributed by atoms with Gasteiger partial charge in [0.1, 0.15) is 0 Å². The minimum absolute atomic E-state index is 0. The van der Waals surface area contributed by atoms with Crippen molar-refractivity contribution in [3.63, 3.8) is 0 Å². The second-order valence-electron chi connectivity index (χ2n) is 21.1. The van der Waals surface area contributed by atoms with E-state index in [2.05, 4.69) is 215 Å². The molecule has 0 atom stereocenters. The highest BCUT2D eigenvalue weighted by Crippen LogP contribution is 2.15. The van der Waals surface area contributed by atoms with Gasteiger partial charge in [0.15, 0.2) is 0 Å². The molecule has 0 aromatic heterocycles. The van der Waals surface area contributed by atoms with Crippen LogP contribution in [0, 0.1) is 59.2 Å². The van der Waals surface area contributed by atoms with Crippen LogP contribution >= 0.6 is 63.1 Å². The Morgan fingerprint density at radius 2 is 0.263 bits per heavy atom. The summed E-state index contributed by atoms with van der Waals surface area (Å²) in [6.07, 6.45) is 11.6. The fourth-order valence-corrected chi connectivity index (χ4v) is 9.31. The van der Waals surface area contributed by atoms with Gasteiger partial charge in [0.05, 0.1) is 0 Å². The molecule has 0 heterocycles. The van der Waals surface area contributed by atoms with Crippen LogP contribution in [0.3, 0.4) is 0 Å². The van der Waals surface area contributed by atoms with Gasteiger partial charge in [-0.2, -0.15) is 0 Å². The molecule has 10 rings (SSSR count). The maximum Gasteiger partial charge on any atom is 0.0377 e. The molecule has 0 aliphatic heterocycles. The Morgan fingerprint density at radius 1 is 0.168 bits per heavy atom. The molecule has 0 aliphatic rings. The highest BCUT2D eigenvalue weighted by atomic mass is 32.1. The lowest BCUT2D eigenvalue weighted by atomic mass is 10.1. The van der Waals surface area contributed by atoms with Crippen LogP contribution < -0.4 is 0 Å². The van der Waals surface area contributed by atoms with Gasteiger partial charge >= 0.3 is 0 Å². The zero-order valence-corrected chi connectivity index (χ0v) is 58.3. The van der Waals surface area contributed by atoms with E-state index in [1.807, 2.05) is 121 Å². The summed E-state index contributed by atoms with van der Waals surface area (Å²) in [5, 5.41) is 0. The number of aryl methyl sites for hydroxylation is 5. The molecule has 95 heavy (non-hydrogen) atoms. The van der Waals surface area contributed by atoms with Gasteiger partial charge in [-0.1, -0.05) is 250 Å². The van der Waals surface area contributed by atoms with E-state index in [1.165, 1.54) is 59.9 Å². The lowest BCUT2D eigenvalue weighted by Gasteiger charge is -1.97. The summed E-state index contributed by atoms with van der Waals surface area (Å²) in [7, 11) is 0. The third-order valence-electron chi connectivity index (χ3n) is 13.5. The van der Waals surface area contributed by atoms with E-state index in [9.17, 15) is 0 Å². The summed E-state index contributed by atoms with van der Waals surface area (Å²) >= 11 is 25.2. The smallest absolute Gasteiger partial charge is 0.0377 e. The Bertz CT molecular complexity index is 3430. The van der Waals surface area contributed by atoms with Gasteiger partial charge in [0, 0.05) is 80.1 Å². The third kappa shape index (κ3) is 33.9. The van der Waals surface area contributed by atoms with E-state index < -0.39 is 0 Å². The summed E-state index contributed by atoms with van der Waals surface area (Å²) in [5.41, 5.74) is 17.1. The highest BCUT2D eigenvalue weighted by Gasteiger charge is 1.98. The molecular formula is C85H80F5S5. The molecule has 10 aromatic rings. The van der Waals surface area contributed by atoms with Crippen molar-refractivity contribution in [3.05, 3.63) is 326 Å². The van der Waals surface area contributed by atoms with Gasteiger partial charge in [-0.3, -0.25) is 23.5 Å². The zero-order chi connectivity index (χ0) is 64.0. The first-order chi connectivity index (χ1) is 43.9. The van der Waals surface area contributed by atoms with E-state index in [1.54, 1.807) is 0 Å². The second-order valence-corrected chi connectivity index (χ2v) is 23.5. The van der Waals surface area contributed by atoms with Crippen LogP contribution in [0.2, 0.25) is 0 Å². The standard InChI is InChI=1S/5C17H15S.5FH/c5*1-2-3-14-4-6-15(7-5-14)8-9-16-10-12-17(18)13-11-16;;;;;/h5*4-7,10-13H,2-3H2,1H3;5*1H. The first-order valence-electron chi connectivity index (χ1n) is 30.8. The molecular weight excluding hydrogens is 1280 g/mol. The Kier molecular flexibility index (Phi) is 42.7. The van der Waals surface area contributed by atoms with Gasteiger partial charge < -0.3 is 0 Å². The van der Waals surface area contributed by atoms with Gasteiger partial charge in [0.2, 0.25) is 0 Å². The van der Waals surface area contributed by atoms with Crippen molar-refractivity contribution in [1.29, 1.82) is 0 Å². The summed E-state index contributed by atoms with van der Waals surface area (Å²) in [6.45, 7) is 11.0. The minimum Gasteiger partial charge on any atom is -0.269 e. The Morgan fingerprint density at radius 3 is 0.358 bits per heavy atom. The SMILES string of the molecule is CCCc1ccc(C#Cc2ccc([S])cc2)cc1.CCCc1ccc(C#Cc2ccc([S])cc2)cc1.CCCc1ccc(C#Cc2ccc([S])cc2)cc1.CCCc1ccc(C#Cc2ccc([S])cc2)cc1.CCCc1ccc(C#Cc2ccc([S])cc2)cc1.F.F.F.F.F. The fraction of sp³-hybridized carbons (Fsp3) is 0.176. The van der Waals surface area contributed by atoms with Crippen molar-refractivity contribution >= 4 is 63.1 Å². The molecule has 0 fully saturated rings. The van der Waals surface area contributed by atoms with E-state index in [-0.39, 0.29) is 23.5 Å². The fourth-order valence-electron chi connectivity index (χ4n) is 8.63. The van der Waals surface area contributed by atoms with Crippen LogP contribution in [-0.2, 0) is 32.1 Å². The van der Waals surface area contributed by atoms with E-state index in [0.717, 1.165) is 112 Å². The minimum atomic E-state index is 0. The average Bonchev–Trinajstić information content (AvgIpc) is 3.77. The molecule has 10 aromatic carbocycles. The van der Waals surface area contributed by atoms with Crippen LogP contribution in [0.4, 0.5) is 23.5 Å². The van der Waals surface area contributed by atoms with Gasteiger partial charge in [-0.05, 0) is 242 Å². The summed E-state index contributed by atoms with van der Waals surface area (Å²) in [6, 6.07) is 81.0. The number of rotatable bonds is 10. The Balaban J connectivity index is 0.000000586. The number of hydrogen-bond donors (Lipinski definition) is 0. The van der Waals surface area contributed by atoms with Crippen LogP contribution in [0.25, 0.3) is 0 Å². The predicted octanol–water partition coefficient (Wildman–Crippen LogP) is 23.7. The quantitative estimate of drug-likeness (QED) is 0.0946. The molecule has 485 valence electrons. The van der Waals surface area contributed by atoms with E-state index in [0.29, 0.717) is 0 Å². The summed E-state index contributed by atoms with van der Waals surface area (Å²) < 4.78 is 0. The summed E-state index contributed by atoms with van der Waals surface area (Å²) in [4.78, 5) is 4.26. The third-order valence-corrected chi connectivity index (χ3v) is 14.9. The molecule has 0 saturated carbocycles. The van der Waals surface area contributed by atoms with Gasteiger partial charge in [-0.25, -0.2) is 0 Å². The van der Waals surface area contributed by atoms with Crippen LogP contribution in [-0.4, -0.2) is 0 Å². The van der Waals surface area contributed by atoms with E-state index in [4.69, 9.17) is 63.1 Å². The van der Waals surface area contributed by atoms with Crippen molar-refractivity contribution in [2.24, 2.45) is 0 Å². The predicted molar refractivity (Wildman–Crippen MR) is 406 cm³/mol. The Hall–Kier alpha value is -9.25. The first kappa shape index (κ1) is 83.8. The molecule has 0 saturated heterocycles. The van der Waals surface area contributed by atoms with Crippen molar-refractivity contribution in [3.8, 4) is 59.2 Å². The molecule has 0 unspecified atom stereocenters. The van der Waals surface area contributed by atoms with Gasteiger partial charge in [0.25, 0.3) is 0 Å². The maximum absolute atomic E-state index is 5.04. The molecule has 10 heteroatoms. The van der Waals surface area contributed by atoms with Crippen LogP contribution in [0.15, 0.2) is 267 Å². The molecule has 5 radical (unpaired) electrons. The largest absolute Gasteiger partial charge is 0.269 e. The van der Waals surface area contributed by atoms with Crippen molar-refractivity contribution in [2.45, 2.75) is 123 Å². The lowest BCUT2D eigenvalue weighted by Crippen LogP contribution is -1.83. The lowest BCUT2D eigenvalue weighted by molar-refractivity contribution is 0.922. The van der Waals surface area contributed by atoms with Crippen molar-refractivity contribution in [2.75, 3.05) is 0 Å². The van der Waals surface area contributed by atoms with Crippen molar-refractivity contribution in [1.82, 2.24) is 0 Å². The normalized spacial score (nSPS) is 9.11. The van der Waals surface area contributed by atoms with Crippen molar-refractivity contribution < 1.29 is 23.5 Å². The number of benzene rings is 10. The van der Waals surface area contributed by atoms with Crippen LogP contribution in [0.1, 0.15) is 150 Å². The topological polar surface area (TPSA) is 0 Å². The van der Waals surface area contributed by atoms with Gasteiger partial charge in [-0.15, -0.1) is 0 Å².